The van der Waals surface area contributed by atoms with E-state index in [4.69, 9.17) is 9.84 Å². The molecule has 0 unspecified atom stereocenters. The minimum Gasteiger partial charge on any atom is -0.481 e. The summed E-state index contributed by atoms with van der Waals surface area (Å²) >= 11 is 0. The van der Waals surface area contributed by atoms with Crippen LogP contribution < -0.4 is 0 Å². The molecule has 0 spiro atoms. The molecule has 21 heavy (non-hydrogen) atoms. The second kappa shape index (κ2) is 9.59. The molecule has 1 heterocycles. The molecule has 0 aromatic rings. The van der Waals surface area contributed by atoms with Crippen molar-refractivity contribution >= 4 is 11.9 Å². The molecule has 1 N–H and O–H groups in total. The molecule has 0 saturated carbocycles. The van der Waals surface area contributed by atoms with Crippen LogP contribution >= 0.6 is 0 Å². The van der Waals surface area contributed by atoms with Gasteiger partial charge in [0, 0.05) is 12.0 Å². The highest BCUT2D eigenvalue weighted by atomic mass is 16.5. The Balaban J connectivity index is 2.16. The summed E-state index contributed by atoms with van der Waals surface area (Å²) in [5.74, 6) is -2.29. The molecule has 4 nitrogen and oxygen atoms in total. The number of carboxylic acids is 1. The highest BCUT2D eigenvalue weighted by molar-refractivity contribution is 5.95. The van der Waals surface area contributed by atoms with E-state index < -0.39 is 17.9 Å². The Hall–Kier alpha value is -1.32. The summed E-state index contributed by atoms with van der Waals surface area (Å²) in [5, 5.41) is 9.09. The fourth-order valence-electron chi connectivity index (χ4n) is 2.76. The van der Waals surface area contributed by atoms with Gasteiger partial charge in [-0.15, -0.1) is 0 Å². The van der Waals surface area contributed by atoms with Crippen molar-refractivity contribution < 1.29 is 19.4 Å². The number of hydrogen-bond acceptors (Lipinski definition) is 3. The minimum absolute atomic E-state index is 0.0784. The first-order valence-corrected chi connectivity index (χ1v) is 8.18. The lowest BCUT2D eigenvalue weighted by Gasteiger charge is -2.28. The molecular formula is C17H28O4. The molecule has 0 aromatic heterocycles. The van der Waals surface area contributed by atoms with Crippen molar-refractivity contribution in [2.75, 3.05) is 0 Å². The van der Waals surface area contributed by atoms with Gasteiger partial charge in [0.05, 0.1) is 5.92 Å². The van der Waals surface area contributed by atoms with Gasteiger partial charge in [-0.05, 0) is 12.8 Å². The maximum Gasteiger partial charge on any atom is 0.334 e. The Kier molecular flexibility index (Phi) is 8.09. The largest absolute Gasteiger partial charge is 0.481 e. The Morgan fingerprint density at radius 3 is 2.33 bits per heavy atom. The molecule has 1 fully saturated rings. The van der Waals surface area contributed by atoms with Crippen molar-refractivity contribution in [1.82, 2.24) is 0 Å². The van der Waals surface area contributed by atoms with E-state index in [9.17, 15) is 9.59 Å². The van der Waals surface area contributed by atoms with E-state index in [2.05, 4.69) is 13.5 Å². The molecule has 1 saturated heterocycles. The van der Waals surface area contributed by atoms with Crippen LogP contribution in [0.5, 0.6) is 0 Å². The first kappa shape index (κ1) is 17.7. The maximum atomic E-state index is 11.6. The van der Waals surface area contributed by atoms with E-state index in [-0.39, 0.29) is 11.7 Å². The average molecular weight is 296 g/mol. The number of aliphatic carboxylic acids is 1. The van der Waals surface area contributed by atoms with Crippen molar-refractivity contribution in [2.45, 2.75) is 77.2 Å². The SMILES string of the molecule is C=C1C(=O)O[C@@H](CCCCCCCCCC)C[C@H]1C(=O)O. The molecule has 0 aliphatic carbocycles. The third-order valence-electron chi connectivity index (χ3n) is 4.13. The van der Waals surface area contributed by atoms with E-state index in [1.54, 1.807) is 0 Å². The molecule has 1 aliphatic heterocycles. The summed E-state index contributed by atoms with van der Waals surface area (Å²) < 4.78 is 5.24. The van der Waals surface area contributed by atoms with Crippen molar-refractivity contribution in [2.24, 2.45) is 5.92 Å². The zero-order valence-corrected chi connectivity index (χ0v) is 13.1. The molecule has 1 aliphatic rings. The number of unbranched alkanes of at least 4 members (excludes halogenated alkanes) is 7. The lowest BCUT2D eigenvalue weighted by atomic mass is 9.89. The van der Waals surface area contributed by atoms with Crippen molar-refractivity contribution in [1.29, 1.82) is 0 Å². The molecule has 4 heteroatoms. The topological polar surface area (TPSA) is 63.6 Å². The molecule has 0 amide bonds. The standard InChI is InChI=1S/C17H28O4/c1-3-4-5-6-7-8-9-10-11-14-12-15(16(18)19)13(2)17(20)21-14/h14-15H,2-12H2,1H3,(H,18,19)/t14-,15+/m0/s1. The zero-order chi connectivity index (χ0) is 15.7. The first-order valence-electron chi connectivity index (χ1n) is 8.18. The monoisotopic (exact) mass is 296 g/mol. The van der Waals surface area contributed by atoms with Gasteiger partial charge in [0.2, 0.25) is 0 Å². The van der Waals surface area contributed by atoms with Crippen LogP contribution in [-0.4, -0.2) is 23.1 Å². The Labute approximate surface area is 127 Å². The van der Waals surface area contributed by atoms with Crippen LogP contribution in [0.2, 0.25) is 0 Å². The van der Waals surface area contributed by atoms with Gasteiger partial charge in [-0.3, -0.25) is 4.79 Å². The molecule has 2 atom stereocenters. The van der Waals surface area contributed by atoms with Crippen LogP contribution in [-0.2, 0) is 14.3 Å². The van der Waals surface area contributed by atoms with E-state index in [1.807, 2.05) is 0 Å². The van der Waals surface area contributed by atoms with Crippen LogP contribution in [0.25, 0.3) is 0 Å². The summed E-state index contributed by atoms with van der Waals surface area (Å²) in [5.41, 5.74) is 0.0784. The number of hydrogen-bond donors (Lipinski definition) is 1. The maximum absolute atomic E-state index is 11.6. The number of ether oxygens (including phenoxy) is 1. The molecule has 0 aromatic carbocycles. The minimum atomic E-state index is -0.974. The van der Waals surface area contributed by atoms with Gasteiger partial charge in [-0.2, -0.15) is 0 Å². The van der Waals surface area contributed by atoms with Crippen LogP contribution in [0, 0.1) is 5.92 Å². The van der Waals surface area contributed by atoms with Crippen LogP contribution in [0.3, 0.4) is 0 Å². The van der Waals surface area contributed by atoms with Gasteiger partial charge in [-0.1, -0.05) is 58.4 Å². The Morgan fingerprint density at radius 2 is 1.76 bits per heavy atom. The zero-order valence-electron chi connectivity index (χ0n) is 13.1. The van der Waals surface area contributed by atoms with E-state index in [0.717, 1.165) is 19.3 Å². The molecular weight excluding hydrogens is 268 g/mol. The lowest BCUT2D eigenvalue weighted by Crippen LogP contribution is -2.35. The number of rotatable bonds is 10. The van der Waals surface area contributed by atoms with Gasteiger partial charge in [0.15, 0.2) is 0 Å². The third-order valence-corrected chi connectivity index (χ3v) is 4.13. The second-order valence-electron chi connectivity index (χ2n) is 5.94. The van der Waals surface area contributed by atoms with E-state index >= 15 is 0 Å². The second-order valence-corrected chi connectivity index (χ2v) is 5.94. The fourth-order valence-corrected chi connectivity index (χ4v) is 2.76. The summed E-state index contributed by atoms with van der Waals surface area (Å²) in [4.78, 5) is 22.7. The van der Waals surface area contributed by atoms with Gasteiger partial charge < -0.3 is 9.84 Å². The molecule has 0 radical (unpaired) electrons. The smallest absolute Gasteiger partial charge is 0.334 e. The number of carboxylic acid groups (broad SMARTS) is 1. The van der Waals surface area contributed by atoms with Crippen LogP contribution in [0.1, 0.15) is 71.1 Å². The summed E-state index contributed by atoms with van der Waals surface area (Å²) in [6, 6.07) is 0. The predicted octanol–water partition coefficient (Wildman–Crippen LogP) is 4.09. The van der Waals surface area contributed by atoms with Crippen LogP contribution in [0.4, 0.5) is 0 Å². The normalized spacial score (nSPS) is 22.1. The fraction of sp³-hybridized carbons (Fsp3) is 0.765. The molecule has 1 rings (SSSR count). The van der Waals surface area contributed by atoms with Crippen molar-refractivity contribution in [3.05, 3.63) is 12.2 Å². The van der Waals surface area contributed by atoms with Crippen LogP contribution in [0.15, 0.2) is 12.2 Å². The van der Waals surface area contributed by atoms with Gasteiger partial charge in [0.25, 0.3) is 0 Å². The Morgan fingerprint density at radius 1 is 1.19 bits per heavy atom. The molecule has 120 valence electrons. The number of esters is 1. The predicted molar refractivity (Wildman–Crippen MR) is 82.0 cm³/mol. The van der Waals surface area contributed by atoms with Gasteiger partial charge in [0.1, 0.15) is 6.10 Å². The highest BCUT2D eigenvalue weighted by Gasteiger charge is 2.36. The summed E-state index contributed by atoms with van der Waals surface area (Å²) in [6.45, 7) is 5.74. The van der Waals surface area contributed by atoms with Crippen molar-refractivity contribution in [3.8, 4) is 0 Å². The van der Waals surface area contributed by atoms with E-state index in [1.165, 1.54) is 38.5 Å². The summed E-state index contributed by atoms with van der Waals surface area (Å²) in [6.07, 6.45) is 10.7. The quantitative estimate of drug-likeness (QED) is 0.374. The average Bonchev–Trinajstić information content (AvgIpc) is 2.45. The van der Waals surface area contributed by atoms with Gasteiger partial charge >= 0.3 is 11.9 Å². The first-order chi connectivity index (χ1) is 10.1. The number of cyclic esters (lactones) is 1. The lowest BCUT2D eigenvalue weighted by molar-refractivity contribution is -0.157. The van der Waals surface area contributed by atoms with Gasteiger partial charge in [-0.25, -0.2) is 4.79 Å². The number of carbonyl (C=O) groups excluding carboxylic acids is 1. The highest BCUT2D eigenvalue weighted by Crippen LogP contribution is 2.28. The van der Waals surface area contributed by atoms with Crippen molar-refractivity contribution in [3.63, 3.8) is 0 Å². The number of carbonyl (C=O) groups is 2. The summed E-state index contributed by atoms with van der Waals surface area (Å²) in [7, 11) is 0. The molecule has 0 bridgehead atoms. The third kappa shape index (κ3) is 6.32. The van der Waals surface area contributed by atoms with E-state index in [0.29, 0.717) is 6.42 Å². The Bertz CT molecular complexity index is 362.